The van der Waals surface area contributed by atoms with Gasteiger partial charge < -0.3 is 25.0 Å². The Morgan fingerprint density at radius 1 is 1.48 bits per heavy atom. The largest absolute Gasteiger partial charge is 0.480 e. The van der Waals surface area contributed by atoms with Gasteiger partial charge in [0.1, 0.15) is 11.8 Å². The maximum absolute atomic E-state index is 12.2. The fourth-order valence-corrected chi connectivity index (χ4v) is 2.72. The average Bonchev–Trinajstić information content (AvgIpc) is 2.93. The van der Waals surface area contributed by atoms with Crippen LogP contribution in [0.25, 0.3) is 0 Å². The first-order valence-corrected chi connectivity index (χ1v) is 6.72. The number of aliphatic hydroxyl groups is 1. The van der Waals surface area contributed by atoms with Gasteiger partial charge in [0.2, 0.25) is 0 Å². The standard InChI is InChI=1S/C13H19N3O5/c1-6(11-7(2)15-21-8(11)3)14-13(20)16-5-9(17)4-10(16)12(18)19/h6,9-10,17H,4-5H2,1-3H3,(H,14,20)(H,18,19)/t6?,9-,10-/m0/s1. The number of nitrogens with one attached hydrogen (secondary N) is 1. The number of hydrogen-bond acceptors (Lipinski definition) is 5. The van der Waals surface area contributed by atoms with Gasteiger partial charge in [-0.1, -0.05) is 5.16 Å². The molecule has 2 amide bonds. The summed E-state index contributed by atoms with van der Waals surface area (Å²) in [6, 6.07) is -1.89. The summed E-state index contributed by atoms with van der Waals surface area (Å²) in [4.78, 5) is 24.5. The number of carbonyl (C=O) groups is 2. The van der Waals surface area contributed by atoms with E-state index in [1.165, 1.54) is 0 Å². The first-order valence-electron chi connectivity index (χ1n) is 6.72. The predicted octanol–water partition coefficient (Wildman–Crippen LogP) is 0.582. The predicted molar refractivity (Wildman–Crippen MR) is 71.7 cm³/mol. The van der Waals surface area contributed by atoms with Crippen LogP contribution in [0.15, 0.2) is 4.52 Å². The highest BCUT2D eigenvalue weighted by molar-refractivity contribution is 5.83. The van der Waals surface area contributed by atoms with Crippen LogP contribution in [0.1, 0.15) is 36.4 Å². The smallest absolute Gasteiger partial charge is 0.326 e. The van der Waals surface area contributed by atoms with Gasteiger partial charge >= 0.3 is 12.0 Å². The number of hydrogen-bond donors (Lipinski definition) is 3. The van der Waals surface area contributed by atoms with E-state index in [0.29, 0.717) is 11.5 Å². The minimum absolute atomic E-state index is 0.0110. The zero-order valence-electron chi connectivity index (χ0n) is 12.2. The van der Waals surface area contributed by atoms with Crippen molar-refractivity contribution in [2.75, 3.05) is 6.54 Å². The number of likely N-dealkylation sites (tertiary alicyclic amines) is 1. The molecule has 116 valence electrons. The van der Waals surface area contributed by atoms with Crippen LogP contribution >= 0.6 is 0 Å². The molecule has 0 radical (unpaired) electrons. The molecule has 1 unspecified atom stereocenters. The second-order valence-electron chi connectivity index (χ2n) is 5.30. The highest BCUT2D eigenvalue weighted by atomic mass is 16.5. The molecule has 0 aromatic carbocycles. The Kier molecular flexibility index (Phi) is 4.17. The van der Waals surface area contributed by atoms with Crippen molar-refractivity contribution >= 4 is 12.0 Å². The van der Waals surface area contributed by atoms with Gasteiger partial charge in [-0.15, -0.1) is 0 Å². The third-order valence-corrected chi connectivity index (χ3v) is 3.69. The van der Waals surface area contributed by atoms with Gasteiger partial charge in [0.15, 0.2) is 0 Å². The van der Waals surface area contributed by atoms with Crippen LogP contribution < -0.4 is 5.32 Å². The molecule has 2 heterocycles. The van der Waals surface area contributed by atoms with Crippen molar-refractivity contribution in [2.45, 2.75) is 45.4 Å². The summed E-state index contributed by atoms with van der Waals surface area (Å²) in [6.45, 7) is 5.30. The molecule has 0 aliphatic carbocycles. The number of carbonyl (C=O) groups excluding carboxylic acids is 1. The molecule has 1 aliphatic heterocycles. The van der Waals surface area contributed by atoms with Gasteiger partial charge in [-0.05, 0) is 20.8 Å². The molecule has 1 fully saturated rings. The number of rotatable bonds is 3. The fourth-order valence-electron chi connectivity index (χ4n) is 2.72. The Bertz CT molecular complexity index is 537. The normalized spacial score (nSPS) is 23.1. The molecular formula is C13H19N3O5. The van der Waals surface area contributed by atoms with Gasteiger partial charge in [-0.3, -0.25) is 0 Å². The van der Waals surface area contributed by atoms with Crippen LogP contribution in [-0.4, -0.2) is 51.0 Å². The van der Waals surface area contributed by atoms with Crippen molar-refractivity contribution in [1.29, 1.82) is 0 Å². The maximum Gasteiger partial charge on any atom is 0.326 e. The lowest BCUT2D eigenvalue weighted by molar-refractivity contribution is -0.141. The summed E-state index contributed by atoms with van der Waals surface area (Å²) >= 11 is 0. The molecule has 2 rings (SSSR count). The van der Waals surface area contributed by atoms with Crippen molar-refractivity contribution in [2.24, 2.45) is 0 Å². The summed E-state index contributed by atoms with van der Waals surface area (Å²) < 4.78 is 5.05. The van der Waals surface area contributed by atoms with Gasteiger partial charge in [0, 0.05) is 18.5 Å². The third-order valence-electron chi connectivity index (χ3n) is 3.69. The zero-order chi connectivity index (χ0) is 15.7. The lowest BCUT2D eigenvalue weighted by atomic mass is 10.1. The van der Waals surface area contributed by atoms with Crippen LogP contribution in [0.3, 0.4) is 0 Å². The van der Waals surface area contributed by atoms with Gasteiger partial charge in [0.25, 0.3) is 0 Å². The molecule has 1 aliphatic rings. The SMILES string of the molecule is Cc1noc(C)c1C(C)NC(=O)N1C[C@@H](O)C[C@H]1C(=O)O. The van der Waals surface area contributed by atoms with E-state index in [1.54, 1.807) is 20.8 Å². The van der Waals surface area contributed by atoms with E-state index in [4.69, 9.17) is 9.63 Å². The zero-order valence-corrected chi connectivity index (χ0v) is 12.2. The van der Waals surface area contributed by atoms with Crippen LogP contribution in [0.5, 0.6) is 0 Å². The van der Waals surface area contributed by atoms with Crippen LogP contribution in [0.4, 0.5) is 4.79 Å². The number of carboxylic acids is 1. The molecule has 0 bridgehead atoms. The fraction of sp³-hybridized carbons (Fsp3) is 0.615. The number of nitrogens with zero attached hydrogens (tertiary/aromatic N) is 2. The first kappa shape index (κ1) is 15.3. The molecule has 3 N–H and O–H groups in total. The van der Waals surface area contributed by atoms with E-state index in [9.17, 15) is 14.7 Å². The number of β-amino-alcohol motifs (C(OH)–C–C–N with tert-alkyl or cyclic N) is 1. The Morgan fingerprint density at radius 2 is 2.14 bits per heavy atom. The molecule has 0 spiro atoms. The number of urea groups is 1. The summed E-state index contributed by atoms with van der Waals surface area (Å²) in [5, 5.41) is 25.2. The second kappa shape index (κ2) is 5.72. The van der Waals surface area contributed by atoms with Crippen molar-refractivity contribution < 1.29 is 24.3 Å². The monoisotopic (exact) mass is 297 g/mol. The Morgan fingerprint density at radius 3 is 2.67 bits per heavy atom. The van der Waals surface area contributed by atoms with Crippen molar-refractivity contribution in [3.05, 3.63) is 17.0 Å². The molecule has 3 atom stereocenters. The van der Waals surface area contributed by atoms with E-state index in [-0.39, 0.29) is 19.0 Å². The third kappa shape index (κ3) is 2.99. The number of aliphatic hydroxyl groups excluding tert-OH is 1. The topological polar surface area (TPSA) is 116 Å². The van der Waals surface area contributed by atoms with Crippen LogP contribution in [-0.2, 0) is 4.79 Å². The van der Waals surface area contributed by atoms with Crippen molar-refractivity contribution in [3.63, 3.8) is 0 Å². The van der Waals surface area contributed by atoms with E-state index >= 15 is 0 Å². The minimum atomic E-state index is -1.12. The summed E-state index contributed by atoms with van der Waals surface area (Å²) in [6.07, 6.45) is -0.770. The number of amides is 2. The number of aromatic nitrogens is 1. The summed E-state index contributed by atoms with van der Waals surface area (Å²) in [5.41, 5.74) is 1.45. The molecule has 0 saturated carbocycles. The molecule has 1 aromatic heterocycles. The van der Waals surface area contributed by atoms with Crippen molar-refractivity contribution in [3.8, 4) is 0 Å². The van der Waals surface area contributed by atoms with E-state index in [0.717, 1.165) is 10.5 Å². The lowest BCUT2D eigenvalue weighted by Crippen LogP contribution is -2.46. The maximum atomic E-state index is 12.2. The van der Waals surface area contributed by atoms with Crippen molar-refractivity contribution in [1.82, 2.24) is 15.4 Å². The number of aliphatic carboxylic acids is 1. The molecule has 8 heteroatoms. The van der Waals surface area contributed by atoms with E-state index in [2.05, 4.69) is 10.5 Å². The van der Waals surface area contributed by atoms with Crippen LogP contribution in [0.2, 0.25) is 0 Å². The molecule has 8 nitrogen and oxygen atoms in total. The van der Waals surface area contributed by atoms with Gasteiger partial charge in [-0.25, -0.2) is 9.59 Å². The Balaban J connectivity index is 2.09. The highest BCUT2D eigenvalue weighted by Crippen LogP contribution is 2.23. The Labute approximate surface area is 121 Å². The number of aryl methyl sites for hydroxylation is 2. The second-order valence-corrected chi connectivity index (χ2v) is 5.30. The number of carboxylic acid groups (broad SMARTS) is 1. The average molecular weight is 297 g/mol. The van der Waals surface area contributed by atoms with E-state index < -0.39 is 24.1 Å². The Hall–Kier alpha value is -2.09. The quantitative estimate of drug-likeness (QED) is 0.751. The van der Waals surface area contributed by atoms with Gasteiger partial charge in [-0.2, -0.15) is 0 Å². The lowest BCUT2D eigenvalue weighted by Gasteiger charge is -2.24. The minimum Gasteiger partial charge on any atom is -0.480 e. The molecule has 21 heavy (non-hydrogen) atoms. The summed E-state index contributed by atoms with van der Waals surface area (Å²) in [5.74, 6) is -0.511. The first-order chi connectivity index (χ1) is 9.81. The van der Waals surface area contributed by atoms with E-state index in [1.807, 2.05) is 0 Å². The van der Waals surface area contributed by atoms with Crippen LogP contribution in [0, 0.1) is 13.8 Å². The molecule has 1 saturated heterocycles. The summed E-state index contributed by atoms with van der Waals surface area (Å²) in [7, 11) is 0. The molecule has 1 aromatic rings. The molecular weight excluding hydrogens is 278 g/mol. The van der Waals surface area contributed by atoms with Gasteiger partial charge in [0.05, 0.1) is 17.8 Å². The highest BCUT2D eigenvalue weighted by Gasteiger charge is 2.39.